The summed E-state index contributed by atoms with van der Waals surface area (Å²) in [5.74, 6) is 0.660. The van der Waals surface area contributed by atoms with Gasteiger partial charge in [0.05, 0.1) is 12.0 Å². The van der Waals surface area contributed by atoms with Gasteiger partial charge in [-0.1, -0.05) is 6.42 Å². The van der Waals surface area contributed by atoms with Crippen LogP contribution in [0, 0.1) is 0 Å². The third-order valence-electron chi connectivity index (χ3n) is 4.53. The molecule has 2 unspecified atom stereocenters. The molecule has 2 aliphatic rings. The van der Waals surface area contributed by atoms with Gasteiger partial charge in [-0.25, -0.2) is 13.1 Å². The van der Waals surface area contributed by atoms with E-state index in [1.165, 1.54) is 12.8 Å². The van der Waals surface area contributed by atoms with Crippen LogP contribution in [0.2, 0.25) is 0 Å². The fourth-order valence-corrected chi connectivity index (χ4v) is 4.71. The molecule has 2 saturated heterocycles. The van der Waals surface area contributed by atoms with Gasteiger partial charge < -0.3 is 4.74 Å². The molecule has 0 bridgehead atoms. The molecule has 3 rings (SSSR count). The van der Waals surface area contributed by atoms with Crippen molar-refractivity contribution in [3.63, 3.8) is 0 Å². The fraction of sp³-hybridized carbons (Fsp3) is 0.600. The van der Waals surface area contributed by atoms with Crippen LogP contribution in [0.25, 0.3) is 0 Å². The normalized spacial score (nSPS) is 26.5. The average molecular weight is 310 g/mol. The van der Waals surface area contributed by atoms with E-state index in [2.05, 4.69) is 9.62 Å². The van der Waals surface area contributed by atoms with Gasteiger partial charge in [-0.3, -0.25) is 4.90 Å². The van der Waals surface area contributed by atoms with Crippen molar-refractivity contribution >= 4 is 10.0 Å². The highest BCUT2D eigenvalue weighted by atomic mass is 32.2. The summed E-state index contributed by atoms with van der Waals surface area (Å²) >= 11 is 0. The van der Waals surface area contributed by atoms with Crippen LogP contribution in [0.1, 0.15) is 25.7 Å². The Hall–Kier alpha value is -1.11. The van der Waals surface area contributed by atoms with Crippen LogP contribution in [0.4, 0.5) is 0 Å². The Morgan fingerprint density at radius 1 is 1.14 bits per heavy atom. The third kappa shape index (κ3) is 3.07. The Kier molecular flexibility index (Phi) is 4.19. The van der Waals surface area contributed by atoms with Crippen LogP contribution in [0.3, 0.4) is 0 Å². The van der Waals surface area contributed by atoms with Crippen molar-refractivity contribution in [3.8, 4) is 5.75 Å². The number of hydrogen-bond acceptors (Lipinski definition) is 4. The van der Waals surface area contributed by atoms with Crippen LogP contribution in [0.15, 0.2) is 29.2 Å². The van der Waals surface area contributed by atoms with Gasteiger partial charge >= 0.3 is 0 Å². The molecule has 116 valence electrons. The molecule has 1 N–H and O–H groups in total. The zero-order chi connectivity index (χ0) is 14.9. The molecule has 0 amide bonds. The van der Waals surface area contributed by atoms with E-state index in [4.69, 9.17) is 4.74 Å². The van der Waals surface area contributed by atoms with E-state index < -0.39 is 10.0 Å². The largest absolute Gasteiger partial charge is 0.497 e. The van der Waals surface area contributed by atoms with Gasteiger partial charge in [-0.2, -0.15) is 0 Å². The van der Waals surface area contributed by atoms with E-state index in [0.717, 1.165) is 25.9 Å². The van der Waals surface area contributed by atoms with Crippen LogP contribution in [0.5, 0.6) is 5.75 Å². The Morgan fingerprint density at radius 3 is 2.62 bits per heavy atom. The summed E-state index contributed by atoms with van der Waals surface area (Å²) in [7, 11) is -1.88. The molecule has 0 spiro atoms. The van der Waals surface area contributed by atoms with Crippen molar-refractivity contribution in [2.45, 2.75) is 42.7 Å². The zero-order valence-electron chi connectivity index (χ0n) is 12.3. The van der Waals surface area contributed by atoms with Gasteiger partial charge in [0.15, 0.2) is 0 Å². The van der Waals surface area contributed by atoms with Crippen LogP contribution >= 0.6 is 0 Å². The fourth-order valence-electron chi connectivity index (χ4n) is 3.41. The quantitative estimate of drug-likeness (QED) is 0.918. The van der Waals surface area contributed by atoms with Crippen molar-refractivity contribution < 1.29 is 13.2 Å². The zero-order valence-corrected chi connectivity index (χ0v) is 13.1. The molecule has 0 radical (unpaired) electrons. The number of sulfonamides is 1. The molecular weight excluding hydrogens is 288 g/mol. The highest BCUT2D eigenvalue weighted by molar-refractivity contribution is 7.89. The summed E-state index contributed by atoms with van der Waals surface area (Å²) in [6, 6.07) is 6.94. The molecule has 1 aromatic carbocycles. The number of fused-ring (bicyclic) bond motifs is 1. The predicted octanol–water partition coefficient (Wildman–Crippen LogP) is 1.60. The number of ether oxygens (including phenoxy) is 1. The second-order valence-electron chi connectivity index (χ2n) is 5.79. The molecule has 0 aliphatic carbocycles. The summed E-state index contributed by atoms with van der Waals surface area (Å²) in [6.07, 6.45) is 4.42. The van der Waals surface area contributed by atoms with E-state index in [0.29, 0.717) is 16.7 Å². The second-order valence-corrected chi connectivity index (χ2v) is 7.51. The summed E-state index contributed by atoms with van der Waals surface area (Å²) in [6.45, 7) is 2.10. The standard InChI is InChI=1S/C15H22N2O3S/c1-20-12-5-7-13(8-6-12)21(18,19)16-14-9-11-17-10-3-2-4-15(14)17/h5-8,14-16H,2-4,9-11H2,1H3. The highest BCUT2D eigenvalue weighted by Crippen LogP contribution is 2.28. The number of hydrogen-bond donors (Lipinski definition) is 1. The maximum atomic E-state index is 12.5. The maximum absolute atomic E-state index is 12.5. The Morgan fingerprint density at radius 2 is 1.90 bits per heavy atom. The number of methoxy groups -OCH3 is 1. The van der Waals surface area contributed by atoms with E-state index in [1.807, 2.05) is 0 Å². The minimum absolute atomic E-state index is 0.0393. The monoisotopic (exact) mass is 310 g/mol. The predicted molar refractivity (Wildman–Crippen MR) is 80.9 cm³/mol. The first-order valence-corrected chi connectivity index (χ1v) is 8.99. The van der Waals surface area contributed by atoms with E-state index in [9.17, 15) is 8.42 Å². The summed E-state index contributed by atoms with van der Waals surface area (Å²) in [4.78, 5) is 2.72. The van der Waals surface area contributed by atoms with Crippen LogP contribution in [-0.4, -0.2) is 45.6 Å². The topological polar surface area (TPSA) is 58.6 Å². The molecule has 21 heavy (non-hydrogen) atoms. The maximum Gasteiger partial charge on any atom is 0.240 e. The van der Waals surface area contributed by atoms with Gasteiger partial charge in [0.25, 0.3) is 0 Å². The Bertz CT molecular complexity index is 585. The van der Waals surface area contributed by atoms with E-state index >= 15 is 0 Å². The van der Waals surface area contributed by atoms with Crippen molar-refractivity contribution in [3.05, 3.63) is 24.3 Å². The van der Waals surface area contributed by atoms with E-state index in [1.54, 1.807) is 31.4 Å². The smallest absolute Gasteiger partial charge is 0.240 e. The third-order valence-corrected chi connectivity index (χ3v) is 6.04. The first kappa shape index (κ1) is 14.8. The summed E-state index contributed by atoms with van der Waals surface area (Å²) in [5, 5.41) is 0. The first-order valence-electron chi connectivity index (χ1n) is 7.50. The van der Waals surface area contributed by atoms with Crippen molar-refractivity contribution in [1.29, 1.82) is 0 Å². The van der Waals surface area contributed by atoms with Crippen LogP contribution < -0.4 is 9.46 Å². The molecule has 0 saturated carbocycles. The van der Waals surface area contributed by atoms with Crippen molar-refractivity contribution in [2.75, 3.05) is 20.2 Å². The van der Waals surface area contributed by atoms with Gasteiger partial charge in [0, 0.05) is 18.6 Å². The number of benzene rings is 1. The summed E-state index contributed by atoms with van der Waals surface area (Å²) < 4.78 is 32.9. The minimum Gasteiger partial charge on any atom is -0.497 e. The lowest BCUT2D eigenvalue weighted by atomic mass is 10.00. The molecule has 0 aromatic heterocycles. The molecule has 2 aliphatic heterocycles. The molecule has 2 heterocycles. The first-order chi connectivity index (χ1) is 10.1. The molecule has 1 aromatic rings. The lowest BCUT2D eigenvalue weighted by molar-refractivity contribution is 0.186. The second kappa shape index (κ2) is 5.94. The number of rotatable bonds is 4. The SMILES string of the molecule is COc1ccc(S(=O)(=O)NC2CCN3CCCCC23)cc1. The minimum atomic E-state index is -3.45. The number of piperidine rings is 1. The molecule has 6 heteroatoms. The lowest BCUT2D eigenvalue weighted by Gasteiger charge is -2.32. The number of nitrogens with zero attached hydrogens (tertiary/aromatic N) is 1. The highest BCUT2D eigenvalue weighted by Gasteiger charge is 2.37. The lowest BCUT2D eigenvalue weighted by Crippen LogP contribution is -2.46. The molecule has 5 nitrogen and oxygen atoms in total. The van der Waals surface area contributed by atoms with Crippen molar-refractivity contribution in [1.82, 2.24) is 9.62 Å². The van der Waals surface area contributed by atoms with Gasteiger partial charge in [-0.15, -0.1) is 0 Å². The van der Waals surface area contributed by atoms with Gasteiger partial charge in [0.2, 0.25) is 10.0 Å². The summed E-state index contributed by atoms with van der Waals surface area (Å²) in [5.41, 5.74) is 0. The Labute approximate surface area is 126 Å². The Balaban J connectivity index is 1.73. The van der Waals surface area contributed by atoms with Gasteiger partial charge in [0.1, 0.15) is 5.75 Å². The van der Waals surface area contributed by atoms with E-state index in [-0.39, 0.29) is 6.04 Å². The molecule has 2 atom stereocenters. The average Bonchev–Trinajstić information content (AvgIpc) is 2.90. The molecular formula is C15H22N2O3S. The van der Waals surface area contributed by atoms with Crippen molar-refractivity contribution in [2.24, 2.45) is 0 Å². The number of nitrogens with one attached hydrogen (secondary N) is 1. The van der Waals surface area contributed by atoms with Crippen LogP contribution in [-0.2, 0) is 10.0 Å². The molecule has 2 fully saturated rings. The van der Waals surface area contributed by atoms with Gasteiger partial charge in [-0.05, 0) is 50.1 Å².